The van der Waals surface area contributed by atoms with E-state index in [0.29, 0.717) is 34.1 Å². The van der Waals surface area contributed by atoms with Crippen LogP contribution < -0.4 is 16.4 Å². The van der Waals surface area contributed by atoms with Gasteiger partial charge in [-0.1, -0.05) is 12.2 Å². The molecule has 10 heteroatoms. The third-order valence-corrected chi connectivity index (χ3v) is 6.40. The number of anilines is 1. The van der Waals surface area contributed by atoms with E-state index >= 15 is 0 Å². The van der Waals surface area contributed by atoms with Crippen LogP contribution in [0, 0.1) is 10.7 Å². The molecule has 0 spiro atoms. The normalized spacial score (nSPS) is 10.0. The van der Waals surface area contributed by atoms with Gasteiger partial charge in [0.15, 0.2) is 0 Å². The van der Waals surface area contributed by atoms with Gasteiger partial charge in [-0.3, -0.25) is 9.59 Å². The first-order valence-electron chi connectivity index (χ1n) is 7.19. The predicted molar refractivity (Wildman–Crippen MR) is 127 cm³/mol. The van der Waals surface area contributed by atoms with Crippen LogP contribution in [0.3, 0.4) is 0 Å². The Labute approximate surface area is 192 Å². The molecule has 0 bridgehead atoms. The van der Waals surface area contributed by atoms with E-state index in [9.17, 15) is 14.4 Å². The molecule has 4 N–H and O–H groups in total. The number of primary amides is 1. The van der Waals surface area contributed by atoms with Crippen molar-refractivity contribution >= 4 is 91.3 Å². The number of nitrogens with one attached hydrogen (secondary N) is 2. The highest BCUT2D eigenvalue weighted by atomic mass is 127. The molecule has 0 saturated heterocycles. The molecular formula is C16H17I3N4O3. The number of hydrogen-bond donors (Lipinski definition) is 3. The van der Waals surface area contributed by atoms with Crippen LogP contribution in [0.5, 0.6) is 0 Å². The third kappa shape index (κ3) is 5.31. The fraction of sp³-hybridized carbons (Fsp3) is 0.188. The fourth-order valence-corrected chi connectivity index (χ4v) is 6.39. The van der Waals surface area contributed by atoms with Crippen LogP contribution in [-0.4, -0.2) is 42.9 Å². The highest BCUT2D eigenvalue weighted by Crippen LogP contribution is 2.36. The van der Waals surface area contributed by atoms with E-state index in [1.54, 1.807) is 19.2 Å². The molecule has 0 heterocycles. The van der Waals surface area contributed by atoms with Crippen molar-refractivity contribution in [3.63, 3.8) is 0 Å². The smallest absolute Gasteiger partial charge is 0.316 e. The summed E-state index contributed by atoms with van der Waals surface area (Å²) in [6.07, 6.45) is 3.15. The summed E-state index contributed by atoms with van der Waals surface area (Å²) in [5, 5.41) is 5.21. The molecule has 0 unspecified atom stereocenters. The van der Waals surface area contributed by atoms with Gasteiger partial charge in [-0.05, 0) is 67.8 Å². The van der Waals surface area contributed by atoms with Gasteiger partial charge in [-0.15, -0.1) is 13.2 Å². The van der Waals surface area contributed by atoms with Crippen molar-refractivity contribution in [1.82, 2.24) is 10.2 Å². The van der Waals surface area contributed by atoms with Crippen molar-refractivity contribution in [3.05, 3.63) is 47.1 Å². The summed E-state index contributed by atoms with van der Waals surface area (Å²) in [5.74, 6) is -0.663. The minimum absolute atomic E-state index is 0.273. The largest absolute Gasteiger partial charge is 0.351 e. The molecule has 0 aliphatic carbocycles. The number of halogens is 3. The van der Waals surface area contributed by atoms with Gasteiger partial charge < -0.3 is 21.3 Å². The molecule has 0 fully saturated rings. The Balaban J connectivity index is 3.69. The number of benzene rings is 1. The number of rotatable bonds is 7. The molecule has 0 aliphatic rings. The lowest BCUT2D eigenvalue weighted by atomic mass is 10.1. The second kappa shape index (κ2) is 10.4. The van der Waals surface area contributed by atoms with Gasteiger partial charge in [0.2, 0.25) is 0 Å². The van der Waals surface area contributed by atoms with Crippen LogP contribution in [0.15, 0.2) is 25.3 Å². The zero-order valence-electron chi connectivity index (χ0n) is 13.9. The van der Waals surface area contributed by atoms with Crippen molar-refractivity contribution in [2.75, 3.05) is 25.5 Å². The van der Waals surface area contributed by atoms with E-state index in [0.717, 1.165) is 0 Å². The maximum atomic E-state index is 12.9. The van der Waals surface area contributed by atoms with Crippen LogP contribution in [0.2, 0.25) is 0 Å². The van der Waals surface area contributed by atoms with Gasteiger partial charge in [0.05, 0.1) is 24.0 Å². The quantitative estimate of drug-likeness (QED) is 0.302. The first-order chi connectivity index (χ1) is 12.2. The topological polar surface area (TPSA) is 105 Å². The lowest BCUT2D eigenvalue weighted by Crippen LogP contribution is -2.32. The summed E-state index contributed by atoms with van der Waals surface area (Å²) < 4.78 is 1.50. The Morgan fingerprint density at radius 2 is 1.65 bits per heavy atom. The first kappa shape index (κ1) is 23.1. The minimum atomic E-state index is -0.780. The van der Waals surface area contributed by atoms with Crippen molar-refractivity contribution < 1.29 is 14.4 Å². The molecule has 1 aromatic rings. The van der Waals surface area contributed by atoms with E-state index in [-0.39, 0.29) is 18.4 Å². The second-order valence-electron chi connectivity index (χ2n) is 5.03. The zero-order chi connectivity index (χ0) is 20.0. The van der Waals surface area contributed by atoms with Crippen LogP contribution >= 0.6 is 67.8 Å². The van der Waals surface area contributed by atoms with Crippen LogP contribution in [0.4, 0.5) is 10.5 Å². The summed E-state index contributed by atoms with van der Waals surface area (Å²) in [6, 6.07) is -0.780. The van der Waals surface area contributed by atoms with E-state index in [1.165, 1.54) is 4.90 Å². The average Bonchev–Trinajstić information content (AvgIpc) is 2.56. The summed E-state index contributed by atoms with van der Waals surface area (Å²) in [6.45, 7) is 7.81. The van der Waals surface area contributed by atoms with Gasteiger partial charge in [0.1, 0.15) is 0 Å². The van der Waals surface area contributed by atoms with E-state index < -0.39 is 6.03 Å². The molecule has 0 saturated carbocycles. The SMILES string of the molecule is C=CCNC(=O)c1c(I)c(NC(N)=O)c(I)c(C(=O)N(C)CC=C)c1I. The lowest BCUT2D eigenvalue weighted by molar-refractivity contribution is 0.0808. The molecule has 140 valence electrons. The van der Waals surface area contributed by atoms with Crippen LogP contribution in [-0.2, 0) is 0 Å². The molecule has 0 radical (unpaired) electrons. The van der Waals surface area contributed by atoms with Gasteiger partial charge in [-0.25, -0.2) is 4.79 Å². The summed E-state index contributed by atoms with van der Waals surface area (Å²) >= 11 is 5.90. The number of amides is 4. The molecule has 0 aromatic heterocycles. The number of nitrogens with zero attached hydrogens (tertiary/aromatic N) is 1. The molecule has 1 aromatic carbocycles. The van der Waals surface area contributed by atoms with Crippen molar-refractivity contribution in [1.29, 1.82) is 0 Å². The van der Waals surface area contributed by atoms with E-state index in [4.69, 9.17) is 5.73 Å². The maximum Gasteiger partial charge on any atom is 0.316 e. The molecule has 0 atom stereocenters. The molecule has 4 amide bonds. The number of urea groups is 1. The van der Waals surface area contributed by atoms with Gasteiger partial charge >= 0.3 is 6.03 Å². The molecule has 1 rings (SSSR count). The highest BCUT2D eigenvalue weighted by molar-refractivity contribution is 14.1. The summed E-state index contributed by atoms with van der Waals surface area (Å²) in [7, 11) is 1.63. The Kier molecular flexibility index (Phi) is 9.29. The number of nitrogens with two attached hydrogens (primary N) is 1. The van der Waals surface area contributed by atoms with Gasteiger partial charge in [0, 0.05) is 23.7 Å². The van der Waals surface area contributed by atoms with Crippen molar-refractivity contribution in [2.45, 2.75) is 0 Å². The molecule has 7 nitrogen and oxygen atoms in total. The molecular weight excluding hydrogens is 677 g/mol. The Bertz CT molecular complexity index is 781. The lowest BCUT2D eigenvalue weighted by Gasteiger charge is -2.22. The molecule has 26 heavy (non-hydrogen) atoms. The number of carbonyl (C=O) groups is 3. The first-order valence-corrected chi connectivity index (χ1v) is 10.4. The molecule has 0 aliphatic heterocycles. The van der Waals surface area contributed by atoms with Crippen LogP contribution in [0.1, 0.15) is 20.7 Å². The summed E-state index contributed by atoms with van der Waals surface area (Å²) in [5.41, 5.74) is 6.21. The number of likely N-dealkylation sites (N-methyl/N-ethyl adjacent to an activating group) is 1. The highest BCUT2D eigenvalue weighted by Gasteiger charge is 2.29. The monoisotopic (exact) mass is 694 g/mol. The maximum absolute atomic E-state index is 12.9. The zero-order valence-corrected chi connectivity index (χ0v) is 20.3. The fourth-order valence-electron chi connectivity index (χ4n) is 2.00. The van der Waals surface area contributed by atoms with E-state index in [1.807, 2.05) is 67.8 Å². The predicted octanol–water partition coefficient (Wildman–Crippen LogP) is 3.16. The number of hydrogen-bond acceptors (Lipinski definition) is 3. The third-order valence-electron chi connectivity index (χ3n) is 3.16. The summed E-state index contributed by atoms with van der Waals surface area (Å²) in [4.78, 5) is 38.4. The Morgan fingerprint density at radius 1 is 1.08 bits per heavy atom. The Morgan fingerprint density at radius 3 is 2.15 bits per heavy atom. The Hall–Kier alpha value is -0.900. The number of carbonyl (C=O) groups excluding carboxylic acids is 3. The van der Waals surface area contributed by atoms with Gasteiger partial charge in [0.25, 0.3) is 11.8 Å². The van der Waals surface area contributed by atoms with E-state index in [2.05, 4.69) is 23.8 Å². The van der Waals surface area contributed by atoms with Crippen molar-refractivity contribution in [2.24, 2.45) is 5.73 Å². The average molecular weight is 694 g/mol. The van der Waals surface area contributed by atoms with Crippen molar-refractivity contribution in [3.8, 4) is 0 Å². The minimum Gasteiger partial charge on any atom is -0.351 e. The standard InChI is InChI=1S/C16H17I3N4O3/c1-4-6-21-14(24)8-10(17)9(15(25)23(3)7-5-2)12(19)13(11(8)18)22-16(20)26/h4-5H,1-2,6-7H2,3H3,(H,21,24)(H3,20,22,26). The second-order valence-corrected chi connectivity index (χ2v) is 8.27. The van der Waals surface area contributed by atoms with Gasteiger partial charge in [-0.2, -0.15) is 0 Å². The van der Waals surface area contributed by atoms with Crippen LogP contribution in [0.25, 0.3) is 0 Å².